The van der Waals surface area contributed by atoms with Gasteiger partial charge < -0.3 is 25.8 Å². The van der Waals surface area contributed by atoms with Gasteiger partial charge in [0.15, 0.2) is 6.10 Å². The zero-order valence-corrected chi connectivity index (χ0v) is 26.4. The predicted octanol–water partition coefficient (Wildman–Crippen LogP) is 6.12. The topological polar surface area (TPSA) is 117 Å². The number of aliphatic hydroxyl groups is 1. The van der Waals surface area contributed by atoms with Crippen molar-refractivity contribution in [2.75, 3.05) is 6.61 Å². The van der Waals surface area contributed by atoms with E-state index < -0.39 is 30.2 Å². The van der Waals surface area contributed by atoms with E-state index in [0.29, 0.717) is 35.7 Å². The van der Waals surface area contributed by atoms with Gasteiger partial charge in [-0.2, -0.15) is 0 Å². The maximum Gasteiger partial charge on any atom is 0.408 e. The number of halogens is 2. The summed E-state index contributed by atoms with van der Waals surface area (Å²) in [6.45, 7) is 3.58. The maximum absolute atomic E-state index is 13.6. The van der Waals surface area contributed by atoms with E-state index in [2.05, 4.69) is 16.0 Å². The number of aliphatic hydroxyl groups excluding tert-OH is 1. The van der Waals surface area contributed by atoms with E-state index >= 15 is 0 Å². The summed E-state index contributed by atoms with van der Waals surface area (Å²) in [7, 11) is 0. The second-order valence-corrected chi connectivity index (χ2v) is 13.5. The van der Waals surface area contributed by atoms with Crippen LogP contribution in [-0.4, -0.2) is 47.3 Å². The van der Waals surface area contributed by atoms with Gasteiger partial charge in [0.2, 0.25) is 5.91 Å². The van der Waals surface area contributed by atoms with Crippen LogP contribution in [0.4, 0.5) is 4.79 Å². The highest BCUT2D eigenvalue weighted by molar-refractivity contribution is 6.30. The van der Waals surface area contributed by atoms with Crippen molar-refractivity contribution in [3.05, 3.63) is 69.7 Å². The largest absolute Gasteiger partial charge is 0.436 e. The summed E-state index contributed by atoms with van der Waals surface area (Å²) in [5, 5.41) is 20.0. The fraction of sp³-hybridized carbons (Fsp3) is 0.545. The molecule has 1 aliphatic heterocycles. The molecule has 2 aliphatic rings. The molecule has 2 aromatic carbocycles. The number of rotatable bonds is 12. The average molecular weight is 633 g/mol. The normalized spacial score (nSPS) is 20.5. The molecule has 234 valence electrons. The second kappa shape index (κ2) is 15.3. The Morgan fingerprint density at radius 3 is 2.35 bits per heavy atom. The first kappa shape index (κ1) is 33.1. The Hall–Kier alpha value is -2.81. The maximum atomic E-state index is 13.6. The van der Waals surface area contributed by atoms with E-state index in [1.54, 1.807) is 18.2 Å². The molecular formula is C33H43Cl2N3O5. The van der Waals surface area contributed by atoms with Crippen molar-refractivity contribution in [2.45, 2.75) is 95.4 Å². The molecule has 8 nitrogen and oxygen atoms in total. The van der Waals surface area contributed by atoms with Gasteiger partial charge in [-0.25, -0.2) is 4.79 Å². The van der Waals surface area contributed by atoms with Gasteiger partial charge in [-0.1, -0.05) is 79.6 Å². The van der Waals surface area contributed by atoms with Crippen LogP contribution < -0.4 is 16.0 Å². The van der Waals surface area contributed by atoms with Crippen LogP contribution in [0, 0.1) is 11.8 Å². The van der Waals surface area contributed by atoms with Gasteiger partial charge in [0.05, 0.1) is 18.7 Å². The average Bonchev–Trinajstić information content (AvgIpc) is 3.22. The Morgan fingerprint density at radius 1 is 1.02 bits per heavy atom. The van der Waals surface area contributed by atoms with Crippen molar-refractivity contribution in [3.8, 4) is 0 Å². The van der Waals surface area contributed by atoms with Crippen LogP contribution in [0.1, 0.15) is 82.4 Å². The van der Waals surface area contributed by atoms with Gasteiger partial charge in [-0.05, 0) is 80.8 Å². The fourth-order valence-corrected chi connectivity index (χ4v) is 6.73. The summed E-state index contributed by atoms with van der Waals surface area (Å²) < 4.78 is 5.85. The minimum atomic E-state index is -1.04. The van der Waals surface area contributed by atoms with Crippen LogP contribution in [0.5, 0.6) is 0 Å². The molecule has 0 bridgehead atoms. The number of hydrogen-bond acceptors (Lipinski definition) is 5. The highest BCUT2D eigenvalue weighted by Gasteiger charge is 2.39. The summed E-state index contributed by atoms with van der Waals surface area (Å²) in [6.07, 6.45) is 5.22. The summed E-state index contributed by atoms with van der Waals surface area (Å²) in [4.78, 5) is 39.4. The van der Waals surface area contributed by atoms with Crippen molar-refractivity contribution < 1.29 is 24.2 Å². The number of carbonyl (C=O) groups is 3. The summed E-state index contributed by atoms with van der Waals surface area (Å²) in [6, 6.07) is 13.5. The highest BCUT2D eigenvalue weighted by atomic mass is 35.5. The van der Waals surface area contributed by atoms with E-state index in [9.17, 15) is 19.5 Å². The summed E-state index contributed by atoms with van der Waals surface area (Å²) >= 11 is 12.5. The first-order valence-corrected chi connectivity index (χ1v) is 16.0. The number of alkyl carbamates (subject to hydrolysis) is 1. The lowest BCUT2D eigenvalue weighted by Gasteiger charge is -2.28. The minimum Gasteiger partial charge on any atom is -0.436 e. The number of ether oxygens (including phenoxy) is 1. The van der Waals surface area contributed by atoms with Gasteiger partial charge >= 0.3 is 6.09 Å². The number of hydrogen-bond donors (Lipinski definition) is 4. The smallest absolute Gasteiger partial charge is 0.408 e. The molecule has 4 atom stereocenters. The van der Waals surface area contributed by atoms with Crippen LogP contribution >= 0.6 is 23.2 Å². The molecule has 4 N–H and O–H groups in total. The predicted molar refractivity (Wildman–Crippen MR) is 168 cm³/mol. The quantitative estimate of drug-likeness (QED) is 0.225. The molecule has 43 heavy (non-hydrogen) atoms. The molecule has 1 aliphatic carbocycles. The molecule has 0 radical (unpaired) electrons. The van der Waals surface area contributed by atoms with Crippen LogP contribution in [-0.2, 0) is 20.7 Å². The van der Waals surface area contributed by atoms with Gasteiger partial charge in [0.25, 0.3) is 5.91 Å². The molecule has 4 rings (SSSR count). The zero-order chi connectivity index (χ0) is 31.0. The van der Waals surface area contributed by atoms with E-state index in [4.69, 9.17) is 27.9 Å². The van der Waals surface area contributed by atoms with Crippen molar-refractivity contribution in [1.82, 2.24) is 16.0 Å². The molecule has 10 heteroatoms. The van der Waals surface area contributed by atoms with Crippen molar-refractivity contribution in [1.29, 1.82) is 0 Å². The van der Waals surface area contributed by atoms with Crippen LogP contribution in [0.2, 0.25) is 10.0 Å². The molecule has 2 aromatic rings. The summed E-state index contributed by atoms with van der Waals surface area (Å²) in [5.41, 5.74) is 1.37. The van der Waals surface area contributed by atoms with E-state index in [-0.39, 0.29) is 29.9 Å². The number of carbonyl (C=O) groups excluding carboxylic acids is 3. The Bertz CT molecular complexity index is 1270. The molecular weight excluding hydrogens is 589 g/mol. The lowest BCUT2D eigenvalue weighted by atomic mass is 9.85. The molecule has 0 spiro atoms. The van der Waals surface area contributed by atoms with Crippen molar-refractivity contribution >= 4 is 41.1 Å². The molecule has 1 heterocycles. The second-order valence-electron chi connectivity index (χ2n) is 12.6. The van der Waals surface area contributed by atoms with E-state index in [1.807, 2.05) is 44.2 Å². The molecule has 0 aromatic heterocycles. The first-order chi connectivity index (χ1) is 20.5. The zero-order valence-electron chi connectivity index (χ0n) is 24.9. The van der Waals surface area contributed by atoms with Gasteiger partial charge in [0.1, 0.15) is 0 Å². The van der Waals surface area contributed by atoms with Gasteiger partial charge in [0, 0.05) is 21.5 Å². The third-order valence-corrected chi connectivity index (χ3v) is 8.88. The minimum absolute atomic E-state index is 0.0844. The van der Waals surface area contributed by atoms with Crippen LogP contribution in [0.25, 0.3) is 0 Å². The lowest BCUT2D eigenvalue weighted by Crippen LogP contribution is -2.47. The molecule has 1 saturated heterocycles. The Labute approximate surface area is 264 Å². The molecule has 3 amide bonds. The fourth-order valence-electron chi connectivity index (χ4n) is 6.32. The number of amides is 3. The van der Waals surface area contributed by atoms with Crippen molar-refractivity contribution in [2.24, 2.45) is 11.8 Å². The van der Waals surface area contributed by atoms with Crippen LogP contribution in [0.3, 0.4) is 0 Å². The Balaban J connectivity index is 1.47. The van der Waals surface area contributed by atoms with Crippen molar-refractivity contribution in [3.63, 3.8) is 0 Å². The third kappa shape index (κ3) is 10.1. The third-order valence-electron chi connectivity index (χ3n) is 8.41. The molecule has 1 unspecified atom stereocenters. The number of nitrogens with one attached hydrogen (secondary N) is 3. The lowest BCUT2D eigenvalue weighted by molar-refractivity contribution is -0.132. The van der Waals surface area contributed by atoms with E-state index in [0.717, 1.165) is 43.2 Å². The van der Waals surface area contributed by atoms with E-state index in [1.165, 1.54) is 0 Å². The summed E-state index contributed by atoms with van der Waals surface area (Å²) in [5.74, 6) is -0.620. The SMILES string of the molecule is CC1(C)C[C@H](C[C@@H](CO)NC(=O)[C@H](CC2CCCCC2)OC(=O)NC(Cc2cccc(Cl)c2)c2cccc(Cl)c2)C(=O)N1. The Kier molecular flexibility index (Phi) is 11.7. The van der Waals surface area contributed by atoms with Crippen LogP contribution in [0.15, 0.2) is 48.5 Å². The van der Waals surface area contributed by atoms with Gasteiger partial charge in [-0.3, -0.25) is 9.59 Å². The highest BCUT2D eigenvalue weighted by Crippen LogP contribution is 2.30. The number of benzene rings is 2. The molecule has 2 fully saturated rings. The Morgan fingerprint density at radius 2 is 1.72 bits per heavy atom. The van der Waals surface area contributed by atoms with Gasteiger partial charge in [-0.15, -0.1) is 0 Å². The monoisotopic (exact) mass is 631 g/mol. The first-order valence-electron chi connectivity index (χ1n) is 15.2. The molecule has 1 saturated carbocycles. The standard InChI is InChI=1S/C33H43Cl2N3O5/c1-33(2)19-24(30(40)38-33)18-27(20-39)36-31(41)29(16-21-8-4-3-5-9-21)43-32(42)37-28(23-11-7-13-26(35)17-23)15-22-10-6-12-25(34)14-22/h6-7,10-14,17,21,24,27-29,39H,3-5,8-9,15-16,18-20H2,1-2H3,(H,36,41)(H,37,42)(H,38,40)/t24-,27-,28?,29-/m0/s1.